The Morgan fingerprint density at radius 1 is 1.88 bits per heavy atom. The summed E-state index contributed by atoms with van der Waals surface area (Å²) in [6.07, 6.45) is 2.01. The van der Waals surface area contributed by atoms with Gasteiger partial charge in [-0.3, -0.25) is 0 Å². The third-order valence-electron chi connectivity index (χ3n) is 1.58. The maximum absolute atomic E-state index is 10.1. The fraction of sp³-hybridized carbons (Fsp3) is 0.833. The molecule has 0 aliphatic carbocycles. The first-order valence-corrected chi connectivity index (χ1v) is 2.87. The van der Waals surface area contributed by atoms with Crippen LogP contribution in [0.5, 0.6) is 0 Å². The lowest BCUT2D eigenvalue weighted by Crippen LogP contribution is -2.09. The van der Waals surface area contributed by atoms with Gasteiger partial charge in [-0.2, -0.15) is 0 Å². The molecule has 1 heterocycles. The third-order valence-corrected chi connectivity index (χ3v) is 1.58. The van der Waals surface area contributed by atoms with Crippen LogP contribution in [0, 0.1) is 0 Å². The van der Waals surface area contributed by atoms with Gasteiger partial charge in [0.05, 0.1) is 6.10 Å². The molecule has 0 amide bonds. The Morgan fingerprint density at radius 2 is 2.50 bits per heavy atom. The van der Waals surface area contributed by atoms with Crippen molar-refractivity contribution in [1.82, 2.24) is 0 Å². The predicted molar refractivity (Wildman–Crippen MR) is 29.6 cm³/mol. The summed E-state index contributed by atoms with van der Waals surface area (Å²) < 4.78 is 5.03. The number of hydrogen-bond donors (Lipinski definition) is 0. The van der Waals surface area contributed by atoms with Crippen LogP contribution in [0.1, 0.15) is 20.3 Å². The second-order valence-corrected chi connectivity index (χ2v) is 2.32. The van der Waals surface area contributed by atoms with E-state index in [-0.39, 0.29) is 6.10 Å². The molecule has 0 spiro atoms. The van der Waals surface area contributed by atoms with Gasteiger partial charge in [-0.15, -0.1) is 0 Å². The molecule has 0 radical (unpaired) electrons. The summed E-state index contributed by atoms with van der Waals surface area (Å²) in [6.45, 7) is 3.83. The second kappa shape index (κ2) is 1.55. The Labute approximate surface area is 48.8 Å². The number of rotatable bonds is 2. The fourth-order valence-electron chi connectivity index (χ4n) is 0.865. The lowest BCUT2D eigenvalue weighted by Gasteiger charge is -1.87. The summed E-state index contributed by atoms with van der Waals surface area (Å²) in [5.41, 5.74) is -0.422. The summed E-state index contributed by atoms with van der Waals surface area (Å²) in [6, 6.07) is 0. The molecule has 0 aromatic heterocycles. The Morgan fingerprint density at radius 3 is 2.62 bits per heavy atom. The first-order valence-electron chi connectivity index (χ1n) is 2.87. The van der Waals surface area contributed by atoms with Gasteiger partial charge < -0.3 is 9.53 Å². The van der Waals surface area contributed by atoms with Crippen molar-refractivity contribution in [1.29, 1.82) is 0 Å². The van der Waals surface area contributed by atoms with Crippen LogP contribution >= 0.6 is 0 Å². The monoisotopic (exact) mass is 114 g/mol. The van der Waals surface area contributed by atoms with E-state index in [1.807, 2.05) is 13.8 Å². The van der Waals surface area contributed by atoms with Gasteiger partial charge in [-0.05, 0) is 13.3 Å². The zero-order chi connectivity index (χ0) is 6.20. The lowest BCUT2D eigenvalue weighted by atomic mass is 10.1. The van der Waals surface area contributed by atoms with E-state index in [1.165, 1.54) is 0 Å². The molecule has 1 rings (SSSR count). The van der Waals surface area contributed by atoms with Crippen LogP contribution in [0.3, 0.4) is 0 Å². The van der Waals surface area contributed by atoms with Gasteiger partial charge in [-0.1, -0.05) is 6.92 Å². The molecular formula is C6H10O2. The molecule has 2 atom stereocenters. The van der Waals surface area contributed by atoms with Crippen molar-refractivity contribution in [3.8, 4) is 0 Å². The van der Waals surface area contributed by atoms with Crippen molar-refractivity contribution < 1.29 is 9.53 Å². The number of epoxide rings is 1. The van der Waals surface area contributed by atoms with Crippen molar-refractivity contribution in [3.63, 3.8) is 0 Å². The lowest BCUT2D eigenvalue weighted by molar-refractivity contribution is -0.111. The molecule has 8 heavy (non-hydrogen) atoms. The average molecular weight is 114 g/mol. The number of hydrogen-bond acceptors (Lipinski definition) is 2. The number of aldehydes is 1. The van der Waals surface area contributed by atoms with Gasteiger partial charge >= 0.3 is 0 Å². The van der Waals surface area contributed by atoms with E-state index in [0.29, 0.717) is 0 Å². The van der Waals surface area contributed by atoms with Crippen molar-refractivity contribution in [2.24, 2.45) is 0 Å². The predicted octanol–water partition coefficient (Wildman–Crippen LogP) is 0.753. The molecule has 0 saturated carbocycles. The average Bonchev–Trinajstić information content (AvgIpc) is 2.44. The van der Waals surface area contributed by atoms with Gasteiger partial charge in [0.2, 0.25) is 0 Å². The van der Waals surface area contributed by atoms with E-state index < -0.39 is 5.60 Å². The Kier molecular flexibility index (Phi) is 1.12. The summed E-state index contributed by atoms with van der Waals surface area (Å²) in [7, 11) is 0. The molecule has 0 aromatic carbocycles. The second-order valence-electron chi connectivity index (χ2n) is 2.32. The first-order chi connectivity index (χ1) is 3.73. The minimum absolute atomic E-state index is 0.194. The van der Waals surface area contributed by atoms with Crippen LogP contribution in [0.15, 0.2) is 0 Å². The SMILES string of the molecule is CCC1OC1(C)C=O. The minimum Gasteiger partial charge on any atom is -0.358 e. The smallest absolute Gasteiger partial charge is 0.154 e. The molecule has 1 fully saturated rings. The molecule has 0 N–H and O–H groups in total. The van der Waals surface area contributed by atoms with E-state index in [9.17, 15) is 4.79 Å². The number of carbonyl (C=O) groups is 1. The van der Waals surface area contributed by atoms with E-state index in [1.54, 1.807) is 0 Å². The van der Waals surface area contributed by atoms with E-state index >= 15 is 0 Å². The zero-order valence-electron chi connectivity index (χ0n) is 5.18. The largest absolute Gasteiger partial charge is 0.358 e. The standard InChI is InChI=1S/C6H10O2/c1-3-5-6(2,4-7)8-5/h4-5H,3H2,1-2H3. The highest BCUT2D eigenvalue weighted by molar-refractivity contribution is 5.66. The molecule has 2 unspecified atom stereocenters. The first kappa shape index (κ1) is 5.76. The van der Waals surface area contributed by atoms with Gasteiger partial charge in [0.15, 0.2) is 6.29 Å². The van der Waals surface area contributed by atoms with Crippen molar-refractivity contribution in [2.75, 3.05) is 0 Å². The minimum atomic E-state index is -0.422. The van der Waals surface area contributed by atoms with Crippen LogP contribution in [0.25, 0.3) is 0 Å². The Bertz CT molecular complexity index is 111. The summed E-state index contributed by atoms with van der Waals surface area (Å²) in [4.78, 5) is 10.1. The van der Waals surface area contributed by atoms with Crippen molar-refractivity contribution in [3.05, 3.63) is 0 Å². The summed E-state index contributed by atoms with van der Waals surface area (Å²) >= 11 is 0. The molecule has 0 aromatic rings. The third kappa shape index (κ3) is 0.650. The van der Waals surface area contributed by atoms with Gasteiger partial charge in [0, 0.05) is 0 Å². The topological polar surface area (TPSA) is 29.6 Å². The van der Waals surface area contributed by atoms with Crippen LogP contribution in [-0.2, 0) is 9.53 Å². The highest BCUT2D eigenvalue weighted by Crippen LogP contribution is 2.35. The molecule has 2 heteroatoms. The highest BCUT2D eigenvalue weighted by Gasteiger charge is 2.50. The zero-order valence-corrected chi connectivity index (χ0v) is 5.18. The molecule has 1 saturated heterocycles. The summed E-state index contributed by atoms with van der Waals surface area (Å²) in [5.74, 6) is 0. The van der Waals surface area contributed by atoms with Gasteiger partial charge in [0.25, 0.3) is 0 Å². The summed E-state index contributed by atoms with van der Waals surface area (Å²) in [5, 5.41) is 0. The molecule has 1 aliphatic rings. The van der Waals surface area contributed by atoms with Crippen LogP contribution < -0.4 is 0 Å². The van der Waals surface area contributed by atoms with E-state index in [4.69, 9.17) is 4.74 Å². The van der Waals surface area contributed by atoms with Crippen molar-refractivity contribution in [2.45, 2.75) is 32.0 Å². The Hall–Kier alpha value is -0.370. The van der Waals surface area contributed by atoms with Gasteiger partial charge in [0.1, 0.15) is 5.60 Å². The van der Waals surface area contributed by atoms with Crippen molar-refractivity contribution >= 4 is 6.29 Å². The van der Waals surface area contributed by atoms with Gasteiger partial charge in [-0.25, -0.2) is 0 Å². The van der Waals surface area contributed by atoms with Crippen LogP contribution in [0.4, 0.5) is 0 Å². The Balaban J connectivity index is 2.42. The molecular weight excluding hydrogens is 104 g/mol. The number of ether oxygens (including phenoxy) is 1. The molecule has 0 bridgehead atoms. The molecule has 1 aliphatic heterocycles. The molecule has 2 nitrogen and oxygen atoms in total. The van der Waals surface area contributed by atoms with E-state index in [2.05, 4.69) is 0 Å². The normalized spacial score (nSPS) is 44.0. The fourth-order valence-corrected chi connectivity index (χ4v) is 0.865. The van der Waals surface area contributed by atoms with Crippen LogP contribution in [-0.4, -0.2) is 18.0 Å². The quantitative estimate of drug-likeness (QED) is 0.391. The highest BCUT2D eigenvalue weighted by atomic mass is 16.6. The maximum atomic E-state index is 10.1. The molecule has 46 valence electrons. The number of carbonyl (C=O) groups excluding carboxylic acids is 1. The maximum Gasteiger partial charge on any atom is 0.154 e. The van der Waals surface area contributed by atoms with E-state index in [0.717, 1.165) is 12.7 Å². The van der Waals surface area contributed by atoms with Crippen LogP contribution in [0.2, 0.25) is 0 Å².